The van der Waals surface area contributed by atoms with Gasteiger partial charge in [-0.25, -0.2) is 0 Å². The van der Waals surface area contributed by atoms with E-state index >= 15 is 0 Å². The van der Waals surface area contributed by atoms with Crippen molar-refractivity contribution in [2.45, 2.75) is 6.61 Å². The summed E-state index contributed by atoms with van der Waals surface area (Å²) in [4.78, 5) is 13.0. The summed E-state index contributed by atoms with van der Waals surface area (Å²) in [6.45, 7) is 0.157. The summed E-state index contributed by atoms with van der Waals surface area (Å²) in [6.07, 6.45) is 0. The van der Waals surface area contributed by atoms with Crippen LogP contribution in [0.15, 0.2) is 72.8 Å². The molecule has 0 aliphatic carbocycles. The van der Waals surface area contributed by atoms with Crippen LogP contribution in [0.25, 0.3) is 0 Å². The van der Waals surface area contributed by atoms with Crippen molar-refractivity contribution in [3.05, 3.63) is 83.9 Å². The monoisotopic (exact) mass is 388 g/mol. The summed E-state index contributed by atoms with van der Waals surface area (Å²) < 4.78 is 11.3. The van der Waals surface area contributed by atoms with E-state index in [9.17, 15) is 9.90 Å². The fraction of sp³-hybridized carbons (Fsp3) is 0.130. The second kappa shape index (κ2) is 9.29. The molecule has 0 saturated carbocycles. The molecule has 0 aliphatic rings. The van der Waals surface area contributed by atoms with E-state index in [2.05, 4.69) is 6.07 Å². The minimum absolute atomic E-state index is 0.237. The molecule has 0 saturated heterocycles. The average molecular weight is 388 g/mol. The number of anilines is 2. The number of rotatable bonds is 8. The van der Waals surface area contributed by atoms with Crippen LogP contribution in [-0.2, 0) is 11.4 Å². The highest BCUT2D eigenvalue weighted by atomic mass is 16.5. The van der Waals surface area contributed by atoms with Crippen molar-refractivity contribution < 1.29 is 19.4 Å². The van der Waals surface area contributed by atoms with Crippen LogP contribution in [0.1, 0.15) is 11.1 Å². The molecular formula is C23H20N2O4. The van der Waals surface area contributed by atoms with Gasteiger partial charge in [-0.1, -0.05) is 30.3 Å². The van der Waals surface area contributed by atoms with Gasteiger partial charge in [-0.05, 0) is 42.0 Å². The van der Waals surface area contributed by atoms with Gasteiger partial charge in [0.05, 0.1) is 18.7 Å². The van der Waals surface area contributed by atoms with Gasteiger partial charge < -0.3 is 19.5 Å². The number of hydrogen-bond donors (Lipinski definition) is 1. The summed E-state index contributed by atoms with van der Waals surface area (Å²) in [5, 5.41) is 18.3. The van der Waals surface area contributed by atoms with Crippen LogP contribution >= 0.6 is 0 Å². The zero-order valence-corrected chi connectivity index (χ0v) is 15.9. The number of methoxy groups -OCH3 is 1. The van der Waals surface area contributed by atoms with E-state index in [1.54, 1.807) is 47.4 Å². The van der Waals surface area contributed by atoms with Crippen LogP contribution in [0.3, 0.4) is 0 Å². The summed E-state index contributed by atoms with van der Waals surface area (Å²) in [5.41, 5.74) is 2.84. The van der Waals surface area contributed by atoms with Crippen LogP contribution in [0.5, 0.6) is 11.5 Å². The van der Waals surface area contributed by atoms with Crippen molar-refractivity contribution >= 4 is 17.3 Å². The van der Waals surface area contributed by atoms with Crippen LogP contribution < -0.4 is 14.4 Å². The van der Waals surface area contributed by atoms with Crippen LogP contribution in [-0.4, -0.2) is 24.7 Å². The summed E-state index contributed by atoms with van der Waals surface area (Å²) in [7, 11) is 1.54. The van der Waals surface area contributed by atoms with Crippen molar-refractivity contribution in [1.29, 1.82) is 5.26 Å². The van der Waals surface area contributed by atoms with E-state index in [1.807, 2.05) is 30.3 Å². The lowest BCUT2D eigenvalue weighted by Crippen LogP contribution is -2.24. The number of aliphatic carboxylic acids is 1. The molecule has 29 heavy (non-hydrogen) atoms. The lowest BCUT2D eigenvalue weighted by molar-refractivity contribution is -0.135. The number of nitriles is 1. The highest BCUT2D eigenvalue weighted by Crippen LogP contribution is 2.35. The van der Waals surface area contributed by atoms with Gasteiger partial charge >= 0.3 is 5.97 Å². The molecule has 0 amide bonds. The van der Waals surface area contributed by atoms with Crippen molar-refractivity contribution in [2.75, 3.05) is 18.6 Å². The van der Waals surface area contributed by atoms with Gasteiger partial charge in [0.15, 0.2) is 11.5 Å². The molecule has 3 aromatic carbocycles. The van der Waals surface area contributed by atoms with E-state index in [1.165, 1.54) is 7.11 Å². The largest absolute Gasteiger partial charge is 0.493 e. The molecule has 1 N–H and O–H groups in total. The van der Waals surface area contributed by atoms with Crippen LogP contribution in [0.2, 0.25) is 0 Å². The lowest BCUT2D eigenvalue weighted by Gasteiger charge is -2.24. The Morgan fingerprint density at radius 3 is 2.31 bits per heavy atom. The van der Waals surface area contributed by atoms with E-state index in [4.69, 9.17) is 14.7 Å². The predicted molar refractivity (Wildman–Crippen MR) is 110 cm³/mol. The van der Waals surface area contributed by atoms with E-state index in [-0.39, 0.29) is 6.54 Å². The van der Waals surface area contributed by atoms with Gasteiger partial charge in [0.25, 0.3) is 0 Å². The van der Waals surface area contributed by atoms with E-state index in [0.29, 0.717) is 35.0 Å². The Labute approximate surface area is 169 Å². The zero-order valence-electron chi connectivity index (χ0n) is 15.9. The van der Waals surface area contributed by atoms with Crippen LogP contribution in [0.4, 0.5) is 11.4 Å². The molecule has 0 unspecified atom stereocenters. The minimum atomic E-state index is -0.974. The van der Waals surface area contributed by atoms with Gasteiger partial charge in [-0.3, -0.25) is 4.79 Å². The molecule has 0 atom stereocenters. The summed E-state index contributed by atoms with van der Waals surface area (Å²) in [6, 6.07) is 23.8. The number of hydrogen-bond acceptors (Lipinski definition) is 5. The molecule has 0 aliphatic heterocycles. The first-order valence-corrected chi connectivity index (χ1v) is 8.95. The Morgan fingerprint density at radius 1 is 1.00 bits per heavy atom. The molecule has 6 heteroatoms. The van der Waals surface area contributed by atoms with E-state index in [0.717, 1.165) is 5.56 Å². The number of ether oxygens (including phenoxy) is 2. The first-order valence-electron chi connectivity index (χ1n) is 8.95. The fourth-order valence-electron chi connectivity index (χ4n) is 2.86. The average Bonchev–Trinajstić information content (AvgIpc) is 2.76. The topological polar surface area (TPSA) is 82.8 Å². The molecule has 6 nitrogen and oxygen atoms in total. The second-order valence-corrected chi connectivity index (χ2v) is 6.25. The maximum Gasteiger partial charge on any atom is 0.323 e. The molecule has 0 radical (unpaired) electrons. The molecule has 0 spiro atoms. The third kappa shape index (κ3) is 5.05. The minimum Gasteiger partial charge on any atom is -0.493 e. The Bertz CT molecular complexity index is 1010. The molecule has 0 fully saturated rings. The molecular weight excluding hydrogens is 368 g/mol. The van der Waals surface area contributed by atoms with Gasteiger partial charge in [0.2, 0.25) is 0 Å². The standard InChI is InChI=1S/C23H20N2O4/c1-28-22-13-20(11-12-21(22)29-16-18-5-3-2-4-6-18)25(15-23(26)27)19-9-7-17(14-24)8-10-19/h2-13H,15-16H2,1H3,(H,26,27). The van der Waals surface area contributed by atoms with Gasteiger partial charge in [0, 0.05) is 17.4 Å². The Kier molecular flexibility index (Phi) is 6.33. The number of carboxylic acid groups (broad SMARTS) is 1. The highest BCUT2D eigenvalue weighted by Gasteiger charge is 2.16. The molecule has 3 rings (SSSR count). The smallest absolute Gasteiger partial charge is 0.323 e. The van der Waals surface area contributed by atoms with E-state index < -0.39 is 5.97 Å². The second-order valence-electron chi connectivity index (χ2n) is 6.25. The maximum absolute atomic E-state index is 11.4. The SMILES string of the molecule is COc1cc(N(CC(=O)O)c2ccc(C#N)cc2)ccc1OCc1ccccc1. The lowest BCUT2D eigenvalue weighted by atomic mass is 10.2. The first kappa shape index (κ1) is 19.8. The normalized spacial score (nSPS) is 10.1. The Balaban J connectivity index is 1.87. The third-order valence-corrected chi connectivity index (χ3v) is 4.30. The highest BCUT2D eigenvalue weighted by molar-refractivity contribution is 5.79. The van der Waals surface area contributed by atoms with Gasteiger partial charge in [-0.2, -0.15) is 5.26 Å². The van der Waals surface area contributed by atoms with Crippen molar-refractivity contribution in [1.82, 2.24) is 0 Å². The maximum atomic E-state index is 11.4. The van der Waals surface area contributed by atoms with Gasteiger partial charge in [-0.15, -0.1) is 0 Å². The predicted octanol–water partition coefficient (Wildman–Crippen LogP) is 4.37. The number of nitrogens with zero attached hydrogens (tertiary/aromatic N) is 2. The molecule has 0 bridgehead atoms. The van der Waals surface area contributed by atoms with Crippen molar-refractivity contribution in [2.24, 2.45) is 0 Å². The number of carbonyl (C=O) groups is 1. The van der Waals surface area contributed by atoms with Crippen molar-refractivity contribution in [3.8, 4) is 17.6 Å². The third-order valence-electron chi connectivity index (χ3n) is 4.30. The summed E-state index contributed by atoms with van der Waals surface area (Å²) >= 11 is 0. The molecule has 146 valence electrons. The quantitative estimate of drug-likeness (QED) is 0.617. The Hall–Kier alpha value is -3.98. The Morgan fingerprint density at radius 2 is 1.69 bits per heavy atom. The van der Waals surface area contributed by atoms with Crippen LogP contribution in [0, 0.1) is 11.3 Å². The number of carboxylic acids is 1. The molecule has 0 heterocycles. The zero-order chi connectivity index (χ0) is 20.6. The molecule has 3 aromatic rings. The number of benzene rings is 3. The fourth-order valence-corrected chi connectivity index (χ4v) is 2.86. The first-order chi connectivity index (χ1) is 14.1. The summed E-state index contributed by atoms with van der Waals surface area (Å²) in [5.74, 6) is 0.0930. The molecule has 0 aromatic heterocycles. The van der Waals surface area contributed by atoms with Gasteiger partial charge in [0.1, 0.15) is 13.2 Å². The van der Waals surface area contributed by atoms with Crippen molar-refractivity contribution in [3.63, 3.8) is 0 Å².